The highest BCUT2D eigenvalue weighted by Gasteiger charge is 2.27. The minimum atomic E-state index is -0.392. The molecule has 2 N–H and O–H groups in total. The number of nitro groups is 1. The van der Waals surface area contributed by atoms with Crippen LogP contribution >= 0.6 is 15.9 Å². The fraction of sp³-hybridized carbons (Fsp3) is 0.455. The summed E-state index contributed by atoms with van der Waals surface area (Å²) >= 11 is 3.32. The lowest BCUT2D eigenvalue weighted by molar-refractivity contribution is -0.385. The molecule has 1 fully saturated rings. The Morgan fingerprint density at radius 2 is 2.18 bits per heavy atom. The summed E-state index contributed by atoms with van der Waals surface area (Å²) in [7, 11) is 0. The number of aryl methyl sites for hydroxylation is 1. The van der Waals surface area contributed by atoms with Crippen LogP contribution in [0.3, 0.4) is 0 Å². The quantitative estimate of drug-likeness (QED) is 0.664. The summed E-state index contributed by atoms with van der Waals surface area (Å²) in [5.41, 5.74) is 1.57. The standard InChI is InChI=1S/C11H13BrN2O3/c1-6-2-10(13-7-3-8(15)4-7)9(12)5-11(6)14(16)17/h2,5,7-8,13,15H,3-4H2,1H3. The number of aliphatic hydroxyl groups excluding tert-OH is 1. The van der Waals surface area contributed by atoms with Crippen LogP contribution in [-0.4, -0.2) is 22.2 Å². The van der Waals surface area contributed by atoms with Crippen LogP contribution in [0, 0.1) is 17.0 Å². The Labute approximate surface area is 107 Å². The van der Waals surface area contributed by atoms with Gasteiger partial charge < -0.3 is 10.4 Å². The second-order valence-corrected chi connectivity index (χ2v) is 5.20. The molecule has 0 heterocycles. The van der Waals surface area contributed by atoms with E-state index in [9.17, 15) is 15.2 Å². The second kappa shape index (κ2) is 4.62. The van der Waals surface area contributed by atoms with Gasteiger partial charge in [0.1, 0.15) is 0 Å². The molecule has 92 valence electrons. The normalized spacial score (nSPS) is 23.0. The first kappa shape index (κ1) is 12.3. The van der Waals surface area contributed by atoms with Gasteiger partial charge >= 0.3 is 0 Å². The molecular weight excluding hydrogens is 288 g/mol. The highest BCUT2D eigenvalue weighted by molar-refractivity contribution is 9.10. The minimum absolute atomic E-state index is 0.107. The van der Waals surface area contributed by atoms with Gasteiger partial charge in [-0.1, -0.05) is 0 Å². The predicted octanol–water partition coefficient (Wildman–Crippen LogP) is 2.60. The van der Waals surface area contributed by atoms with Crippen LogP contribution in [0.1, 0.15) is 18.4 Å². The summed E-state index contributed by atoms with van der Waals surface area (Å²) in [5, 5.41) is 23.2. The lowest BCUT2D eigenvalue weighted by atomic mass is 9.89. The van der Waals surface area contributed by atoms with Crippen LogP contribution in [-0.2, 0) is 0 Å². The summed E-state index contributed by atoms with van der Waals surface area (Å²) in [6.07, 6.45) is 1.23. The number of nitrogens with zero attached hydrogens (tertiary/aromatic N) is 1. The molecule has 0 unspecified atom stereocenters. The van der Waals surface area contributed by atoms with Crippen molar-refractivity contribution >= 4 is 27.3 Å². The molecule has 0 amide bonds. The number of nitrogens with one attached hydrogen (secondary N) is 1. The van der Waals surface area contributed by atoms with E-state index < -0.39 is 4.92 Å². The highest BCUT2D eigenvalue weighted by Crippen LogP contribution is 2.33. The third kappa shape index (κ3) is 2.58. The van der Waals surface area contributed by atoms with Crippen LogP contribution in [0.4, 0.5) is 11.4 Å². The van der Waals surface area contributed by atoms with E-state index in [4.69, 9.17) is 0 Å². The number of hydrogen-bond donors (Lipinski definition) is 2. The number of anilines is 1. The molecule has 1 aromatic carbocycles. The van der Waals surface area contributed by atoms with Gasteiger partial charge in [-0.05, 0) is 41.8 Å². The van der Waals surface area contributed by atoms with Gasteiger partial charge in [0, 0.05) is 27.8 Å². The monoisotopic (exact) mass is 300 g/mol. The van der Waals surface area contributed by atoms with Gasteiger partial charge in [0.2, 0.25) is 0 Å². The van der Waals surface area contributed by atoms with Crippen molar-refractivity contribution in [2.75, 3.05) is 5.32 Å². The SMILES string of the molecule is Cc1cc(NC2CC(O)C2)c(Br)cc1[N+](=O)[O-]. The third-order valence-electron chi connectivity index (χ3n) is 2.96. The molecule has 0 saturated heterocycles. The molecule has 0 bridgehead atoms. The van der Waals surface area contributed by atoms with Crippen molar-refractivity contribution in [2.24, 2.45) is 0 Å². The molecule has 0 radical (unpaired) electrons. The fourth-order valence-corrected chi connectivity index (χ4v) is 2.35. The van der Waals surface area contributed by atoms with Crippen LogP contribution in [0.5, 0.6) is 0 Å². The maximum atomic E-state index is 10.7. The third-order valence-corrected chi connectivity index (χ3v) is 3.61. The van der Waals surface area contributed by atoms with Crippen molar-refractivity contribution < 1.29 is 10.0 Å². The van der Waals surface area contributed by atoms with Crippen LogP contribution in [0.2, 0.25) is 0 Å². The molecule has 1 aliphatic carbocycles. The van der Waals surface area contributed by atoms with Crippen molar-refractivity contribution in [1.82, 2.24) is 0 Å². The maximum absolute atomic E-state index is 10.7. The Bertz CT molecular complexity index is 458. The van der Waals surface area contributed by atoms with Crippen molar-refractivity contribution in [3.8, 4) is 0 Å². The van der Waals surface area contributed by atoms with Gasteiger partial charge in [-0.25, -0.2) is 0 Å². The lowest BCUT2D eigenvalue weighted by Gasteiger charge is -2.33. The first-order chi connectivity index (χ1) is 7.97. The Morgan fingerprint density at radius 1 is 1.53 bits per heavy atom. The summed E-state index contributed by atoms with van der Waals surface area (Å²) < 4.78 is 0.677. The Balaban J connectivity index is 2.18. The molecule has 1 aromatic rings. The van der Waals surface area contributed by atoms with E-state index in [1.165, 1.54) is 6.07 Å². The zero-order valence-corrected chi connectivity index (χ0v) is 10.9. The molecular formula is C11H13BrN2O3. The van der Waals surface area contributed by atoms with Crippen molar-refractivity contribution in [1.29, 1.82) is 0 Å². The average molecular weight is 301 g/mol. The van der Waals surface area contributed by atoms with E-state index in [1.54, 1.807) is 13.0 Å². The van der Waals surface area contributed by atoms with E-state index >= 15 is 0 Å². The van der Waals surface area contributed by atoms with Gasteiger partial charge in [0.05, 0.1) is 11.0 Å². The van der Waals surface area contributed by atoms with Gasteiger partial charge in [0.25, 0.3) is 5.69 Å². The van der Waals surface area contributed by atoms with E-state index in [1.807, 2.05) is 0 Å². The largest absolute Gasteiger partial charge is 0.393 e. The van der Waals surface area contributed by atoms with E-state index in [0.717, 1.165) is 18.5 Å². The fourth-order valence-electron chi connectivity index (χ4n) is 1.90. The summed E-state index contributed by atoms with van der Waals surface area (Å²) in [4.78, 5) is 10.4. The minimum Gasteiger partial charge on any atom is -0.393 e. The number of halogens is 1. The molecule has 0 atom stereocenters. The van der Waals surface area contributed by atoms with Crippen LogP contribution in [0.15, 0.2) is 16.6 Å². The second-order valence-electron chi connectivity index (χ2n) is 4.34. The Hall–Kier alpha value is -1.14. The summed E-state index contributed by atoms with van der Waals surface area (Å²) in [6, 6.07) is 3.52. The van der Waals surface area contributed by atoms with Gasteiger partial charge in [-0.3, -0.25) is 10.1 Å². The first-order valence-corrected chi connectivity index (χ1v) is 6.16. The number of hydrogen-bond acceptors (Lipinski definition) is 4. The average Bonchev–Trinajstić information content (AvgIpc) is 2.20. The maximum Gasteiger partial charge on any atom is 0.273 e. The predicted molar refractivity (Wildman–Crippen MR) is 68.2 cm³/mol. The molecule has 0 spiro atoms. The molecule has 0 aliphatic heterocycles. The molecule has 5 nitrogen and oxygen atoms in total. The number of nitro benzene ring substituents is 1. The van der Waals surface area contributed by atoms with E-state index in [-0.39, 0.29) is 17.8 Å². The van der Waals surface area contributed by atoms with Crippen molar-refractivity contribution in [3.05, 3.63) is 32.3 Å². The molecule has 0 aromatic heterocycles. The van der Waals surface area contributed by atoms with Gasteiger partial charge in [0.15, 0.2) is 0 Å². The van der Waals surface area contributed by atoms with Crippen molar-refractivity contribution in [2.45, 2.75) is 31.9 Å². The van der Waals surface area contributed by atoms with Gasteiger partial charge in [-0.2, -0.15) is 0 Å². The molecule has 17 heavy (non-hydrogen) atoms. The van der Waals surface area contributed by atoms with Gasteiger partial charge in [-0.15, -0.1) is 0 Å². The first-order valence-electron chi connectivity index (χ1n) is 5.36. The van der Waals surface area contributed by atoms with E-state index in [0.29, 0.717) is 10.0 Å². The number of benzene rings is 1. The number of rotatable bonds is 3. The van der Waals surface area contributed by atoms with Crippen LogP contribution in [0.25, 0.3) is 0 Å². The lowest BCUT2D eigenvalue weighted by Crippen LogP contribution is -2.39. The molecule has 1 saturated carbocycles. The van der Waals surface area contributed by atoms with Crippen molar-refractivity contribution in [3.63, 3.8) is 0 Å². The summed E-state index contributed by atoms with van der Waals surface area (Å²) in [5.74, 6) is 0. The topological polar surface area (TPSA) is 75.4 Å². The molecule has 6 heteroatoms. The van der Waals surface area contributed by atoms with E-state index in [2.05, 4.69) is 21.2 Å². The highest BCUT2D eigenvalue weighted by atomic mass is 79.9. The molecule has 1 aliphatic rings. The summed E-state index contributed by atoms with van der Waals surface area (Å²) in [6.45, 7) is 1.71. The molecule has 2 rings (SSSR count). The number of aliphatic hydroxyl groups is 1. The zero-order chi connectivity index (χ0) is 12.6. The zero-order valence-electron chi connectivity index (χ0n) is 9.31. The van der Waals surface area contributed by atoms with Crippen LogP contribution < -0.4 is 5.32 Å². The smallest absolute Gasteiger partial charge is 0.273 e. The Kier molecular flexibility index (Phi) is 3.35. The Morgan fingerprint density at radius 3 is 2.71 bits per heavy atom.